The largest absolute Gasteiger partial charge is 0.465 e. The molecule has 0 spiro atoms. The van der Waals surface area contributed by atoms with Crippen LogP contribution in [0.25, 0.3) is 10.9 Å². The lowest BCUT2D eigenvalue weighted by Crippen LogP contribution is -2.38. The molecule has 106 valence electrons. The quantitative estimate of drug-likeness (QED) is 0.915. The maximum absolute atomic E-state index is 13.3. The van der Waals surface area contributed by atoms with E-state index in [4.69, 9.17) is 5.11 Å². The number of nitrogens with zero attached hydrogens (tertiary/aromatic N) is 2. The van der Waals surface area contributed by atoms with E-state index in [0.717, 1.165) is 30.3 Å². The van der Waals surface area contributed by atoms with Crippen molar-refractivity contribution in [2.75, 3.05) is 13.1 Å². The third-order valence-electron chi connectivity index (χ3n) is 4.08. The molecule has 0 atom stereocenters. The lowest BCUT2D eigenvalue weighted by atomic mass is 9.97. The van der Waals surface area contributed by atoms with E-state index in [0.29, 0.717) is 19.0 Å². The average Bonchev–Trinajstić information content (AvgIpc) is 2.82. The van der Waals surface area contributed by atoms with Crippen LogP contribution in [0.15, 0.2) is 30.5 Å². The lowest BCUT2D eigenvalue weighted by Gasteiger charge is -2.30. The third kappa shape index (κ3) is 2.48. The monoisotopic (exact) mass is 276 g/mol. The molecule has 5 heteroatoms. The molecule has 1 aromatic carbocycles. The molecule has 3 rings (SSSR count). The Balaban J connectivity index is 1.71. The number of likely N-dealkylation sites (tertiary alicyclic amines) is 1. The number of carboxylic acid groups (broad SMARTS) is 1. The molecule has 0 bridgehead atoms. The molecule has 0 radical (unpaired) electrons. The SMILES string of the molecule is O=C(O)N1CCC(Cn2ccc3ccc(F)cc32)CC1. The summed E-state index contributed by atoms with van der Waals surface area (Å²) < 4.78 is 15.4. The Kier molecular flexibility index (Phi) is 3.34. The molecule has 1 N–H and O–H groups in total. The summed E-state index contributed by atoms with van der Waals surface area (Å²) in [5.41, 5.74) is 0.908. The molecule has 1 aromatic heterocycles. The van der Waals surface area contributed by atoms with Gasteiger partial charge >= 0.3 is 6.09 Å². The number of hydrogen-bond acceptors (Lipinski definition) is 1. The smallest absolute Gasteiger partial charge is 0.407 e. The first-order chi connectivity index (χ1) is 9.63. The zero-order valence-corrected chi connectivity index (χ0v) is 11.1. The van der Waals surface area contributed by atoms with Crippen LogP contribution in [-0.2, 0) is 6.54 Å². The molecule has 2 aromatic rings. The Morgan fingerprint density at radius 2 is 2.05 bits per heavy atom. The number of aromatic nitrogens is 1. The molecule has 0 aliphatic carbocycles. The topological polar surface area (TPSA) is 45.5 Å². The molecule has 4 nitrogen and oxygen atoms in total. The zero-order valence-electron chi connectivity index (χ0n) is 11.1. The molecular formula is C15H17FN2O2. The first kappa shape index (κ1) is 13.0. The van der Waals surface area contributed by atoms with E-state index in [1.807, 2.05) is 12.3 Å². The predicted molar refractivity (Wildman–Crippen MR) is 74.2 cm³/mol. The van der Waals surface area contributed by atoms with Gasteiger partial charge in [0.2, 0.25) is 0 Å². The van der Waals surface area contributed by atoms with Crippen molar-refractivity contribution in [3.8, 4) is 0 Å². The molecule has 0 saturated carbocycles. The maximum Gasteiger partial charge on any atom is 0.407 e. The molecular weight excluding hydrogens is 259 g/mol. The lowest BCUT2D eigenvalue weighted by molar-refractivity contribution is 0.122. The van der Waals surface area contributed by atoms with Crippen molar-refractivity contribution in [2.24, 2.45) is 5.92 Å². The van der Waals surface area contributed by atoms with Crippen LogP contribution in [0.5, 0.6) is 0 Å². The fourth-order valence-corrected chi connectivity index (χ4v) is 2.90. The summed E-state index contributed by atoms with van der Waals surface area (Å²) >= 11 is 0. The van der Waals surface area contributed by atoms with Gasteiger partial charge in [0.05, 0.1) is 5.52 Å². The van der Waals surface area contributed by atoms with E-state index >= 15 is 0 Å². The van der Waals surface area contributed by atoms with Gasteiger partial charge < -0.3 is 14.6 Å². The van der Waals surface area contributed by atoms with Crippen LogP contribution in [0, 0.1) is 11.7 Å². The molecule has 1 fully saturated rings. The number of halogens is 1. The van der Waals surface area contributed by atoms with Crippen LogP contribution in [0.4, 0.5) is 9.18 Å². The second-order valence-electron chi connectivity index (χ2n) is 5.38. The van der Waals surface area contributed by atoms with Gasteiger partial charge in [-0.3, -0.25) is 0 Å². The van der Waals surface area contributed by atoms with Crippen molar-refractivity contribution in [1.29, 1.82) is 0 Å². The first-order valence-electron chi connectivity index (χ1n) is 6.86. The summed E-state index contributed by atoms with van der Waals surface area (Å²) in [5.74, 6) is 0.225. The second kappa shape index (κ2) is 5.15. The first-order valence-corrected chi connectivity index (χ1v) is 6.86. The van der Waals surface area contributed by atoms with Gasteiger partial charge in [-0.15, -0.1) is 0 Å². The summed E-state index contributed by atoms with van der Waals surface area (Å²) in [7, 11) is 0. The van der Waals surface area contributed by atoms with E-state index in [1.165, 1.54) is 11.0 Å². The fourth-order valence-electron chi connectivity index (χ4n) is 2.90. The van der Waals surface area contributed by atoms with Crippen molar-refractivity contribution in [1.82, 2.24) is 9.47 Å². The minimum atomic E-state index is -0.836. The summed E-state index contributed by atoms with van der Waals surface area (Å²) in [6.07, 6.45) is 2.87. The average molecular weight is 276 g/mol. The van der Waals surface area contributed by atoms with E-state index in [9.17, 15) is 9.18 Å². The number of piperidine rings is 1. The Morgan fingerprint density at radius 1 is 1.30 bits per heavy atom. The Labute approximate surface area is 116 Å². The predicted octanol–water partition coefficient (Wildman–Crippen LogP) is 3.17. The molecule has 1 amide bonds. The zero-order chi connectivity index (χ0) is 14.1. The number of rotatable bonds is 2. The highest BCUT2D eigenvalue weighted by Gasteiger charge is 2.22. The number of hydrogen-bond donors (Lipinski definition) is 1. The van der Waals surface area contributed by atoms with Gasteiger partial charge in [0.25, 0.3) is 0 Å². The summed E-state index contributed by atoms with van der Waals surface area (Å²) in [6.45, 7) is 2.00. The van der Waals surface area contributed by atoms with Crippen molar-refractivity contribution in [3.63, 3.8) is 0 Å². The summed E-state index contributed by atoms with van der Waals surface area (Å²) in [4.78, 5) is 12.3. The second-order valence-corrected chi connectivity index (χ2v) is 5.38. The van der Waals surface area contributed by atoms with Crippen molar-refractivity contribution >= 4 is 17.0 Å². The van der Waals surface area contributed by atoms with Crippen LogP contribution >= 0.6 is 0 Å². The molecule has 0 unspecified atom stereocenters. The summed E-state index contributed by atoms with van der Waals surface area (Å²) in [6, 6.07) is 6.80. The van der Waals surface area contributed by atoms with Crippen LogP contribution in [-0.4, -0.2) is 33.8 Å². The van der Waals surface area contributed by atoms with Crippen LogP contribution < -0.4 is 0 Å². The molecule has 1 aliphatic rings. The molecule has 2 heterocycles. The standard InChI is InChI=1S/C15H17FN2O2/c16-13-2-1-12-5-8-18(14(12)9-13)10-11-3-6-17(7-4-11)15(19)20/h1-2,5,8-9,11H,3-4,6-7,10H2,(H,19,20). The van der Waals surface area contributed by atoms with Crippen molar-refractivity contribution in [3.05, 3.63) is 36.3 Å². The van der Waals surface area contributed by atoms with Gasteiger partial charge in [-0.2, -0.15) is 0 Å². The highest BCUT2D eigenvalue weighted by atomic mass is 19.1. The van der Waals surface area contributed by atoms with Gasteiger partial charge in [-0.05, 0) is 48.4 Å². The highest BCUT2D eigenvalue weighted by Crippen LogP contribution is 2.23. The van der Waals surface area contributed by atoms with Crippen LogP contribution in [0.1, 0.15) is 12.8 Å². The molecule has 1 saturated heterocycles. The Morgan fingerprint density at radius 3 is 2.75 bits per heavy atom. The van der Waals surface area contributed by atoms with Gasteiger partial charge in [0, 0.05) is 25.8 Å². The Bertz CT molecular complexity index is 630. The van der Waals surface area contributed by atoms with Crippen LogP contribution in [0.3, 0.4) is 0 Å². The third-order valence-corrected chi connectivity index (χ3v) is 4.08. The molecule has 1 aliphatic heterocycles. The normalized spacial score (nSPS) is 16.8. The van der Waals surface area contributed by atoms with Crippen molar-refractivity contribution in [2.45, 2.75) is 19.4 Å². The number of fused-ring (bicyclic) bond motifs is 1. The van der Waals surface area contributed by atoms with Gasteiger partial charge in [-0.25, -0.2) is 9.18 Å². The van der Waals surface area contributed by atoms with E-state index in [1.54, 1.807) is 12.1 Å². The van der Waals surface area contributed by atoms with E-state index in [-0.39, 0.29) is 5.82 Å². The maximum atomic E-state index is 13.3. The van der Waals surface area contributed by atoms with E-state index in [2.05, 4.69) is 4.57 Å². The van der Waals surface area contributed by atoms with Gasteiger partial charge in [0.15, 0.2) is 0 Å². The Hall–Kier alpha value is -2.04. The van der Waals surface area contributed by atoms with Crippen LogP contribution in [0.2, 0.25) is 0 Å². The summed E-state index contributed by atoms with van der Waals surface area (Å²) in [5, 5.41) is 9.97. The molecule has 20 heavy (non-hydrogen) atoms. The number of amides is 1. The number of benzene rings is 1. The highest BCUT2D eigenvalue weighted by molar-refractivity contribution is 5.80. The minimum Gasteiger partial charge on any atom is -0.465 e. The van der Waals surface area contributed by atoms with E-state index < -0.39 is 6.09 Å². The fraction of sp³-hybridized carbons (Fsp3) is 0.400. The van der Waals surface area contributed by atoms with Gasteiger partial charge in [0.1, 0.15) is 5.82 Å². The number of carbonyl (C=O) groups is 1. The van der Waals surface area contributed by atoms with Gasteiger partial charge in [-0.1, -0.05) is 0 Å². The van der Waals surface area contributed by atoms with Crippen molar-refractivity contribution < 1.29 is 14.3 Å². The minimum absolute atomic E-state index is 0.224.